The molecule has 0 saturated carbocycles. The van der Waals surface area contributed by atoms with Gasteiger partial charge < -0.3 is 34.3 Å². The lowest BCUT2D eigenvalue weighted by Gasteiger charge is -2.41. The largest absolute Gasteiger partial charge is 0.457 e. The summed E-state index contributed by atoms with van der Waals surface area (Å²) in [5, 5.41) is 30.8. The molecule has 13 heteroatoms. The molecule has 68 heavy (non-hydrogen) atoms. The lowest BCUT2D eigenvalue weighted by atomic mass is 9.99. The predicted octanol–water partition coefficient (Wildman–Crippen LogP) is 13.5. The first-order chi connectivity index (χ1) is 33.1. The van der Waals surface area contributed by atoms with Gasteiger partial charge in [0.25, 0.3) is 0 Å². The molecule has 6 atom stereocenters. The van der Waals surface area contributed by atoms with Crippen molar-refractivity contribution in [2.75, 3.05) is 26.4 Å². The number of carbonyl (C=O) groups excluding carboxylic acids is 1. The first-order valence-corrected chi connectivity index (χ1v) is 29.5. The molecule has 0 bridgehead atoms. The molecule has 0 spiro atoms. The number of aliphatic hydroxyl groups excluding tert-OH is 3. The highest BCUT2D eigenvalue weighted by molar-refractivity contribution is 7.80. The molecule has 0 aliphatic carbocycles. The number of hydrogen-bond donors (Lipinski definition) is 4. The van der Waals surface area contributed by atoms with Crippen LogP contribution in [0.2, 0.25) is 0 Å². The Morgan fingerprint density at radius 1 is 0.544 bits per heavy atom. The van der Waals surface area contributed by atoms with E-state index < -0.39 is 59.8 Å². The lowest BCUT2D eigenvalue weighted by molar-refractivity contribution is -0.301. The standard InChI is InChI=1S/C55H104O12S/c1-3-5-7-9-11-13-15-17-19-20-21-22-23-24-25-26-27-28-29-31-33-35-37-39-41-43-45-63-47-49(48-64-55-53(59)54(67-68(60,61)62)52(58)50(46-56)66-55)65-51(57)44-42-40-38-36-34-32-30-18-16-14-12-10-8-6-4-2/h18,20-21,30,49-50,52-56,58-59H,3-17,19,22-29,31-48H2,1-2H3,(H,60,61,62)/b21-20-,30-18-. The van der Waals surface area contributed by atoms with Crippen LogP contribution in [0.3, 0.4) is 0 Å². The molecule has 1 rings (SSSR count). The Morgan fingerprint density at radius 3 is 1.32 bits per heavy atom. The fraction of sp³-hybridized carbons (Fsp3) is 0.909. The molecule has 0 aromatic carbocycles. The maximum Gasteiger partial charge on any atom is 0.397 e. The van der Waals surface area contributed by atoms with E-state index in [4.69, 9.17) is 18.9 Å². The molecule has 4 N–H and O–H groups in total. The molecule has 1 saturated heterocycles. The van der Waals surface area contributed by atoms with Crippen LogP contribution in [0.1, 0.15) is 258 Å². The van der Waals surface area contributed by atoms with Crippen LogP contribution in [-0.2, 0) is 38.3 Å². The van der Waals surface area contributed by atoms with Gasteiger partial charge in [0, 0.05) is 13.0 Å². The average molecular weight is 989 g/mol. The van der Waals surface area contributed by atoms with Gasteiger partial charge in [-0.15, -0.1) is 0 Å². The van der Waals surface area contributed by atoms with E-state index in [1.807, 2.05) is 0 Å². The summed E-state index contributed by atoms with van der Waals surface area (Å²) in [5.74, 6) is -0.403. The summed E-state index contributed by atoms with van der Waals surface area (Å²) in [7, 11) is -5.06. The first kappa shape index (κ1) is 64.6. The third-order valence-electron chi connectivity index (χ3n) is 13.0. The van der Waals surface area contributed by atoms with Gasteiger partial charge in [-0.2, -0.15) is 8.42 Å². The van der Waals surface area contributed by atoms with E-state index in [1.165, 1.54) is 173 Å². The van der Waals surface area contributed by atoms with Crippen LogP contribution in [0.15, 0.2) is 24.3 Å². The fourth-order valence-electron chi connectivity index (χ4n) is 8.78. The molecule has 12 nitrogen and oxygen atoms in total. The average Bonchev–Trinajstić information content (AvgIpc) is 3.31. The third-order valence-corrected chi connectivity index (χ3v) is 13.5. The maximum atomic E-state index is 12.9. The van der Waals surface area contributed by atoms with Gasteiger partial charge in [-0.3, -0.25) is 9.35 Å². The van der Waals surface area contributed by atoms with Gasteiger partial charge in [-0.05, 0) is 64.2 Å². The Morgan fingerprint density at radius 2 is 0.926 bits per heavy atom. The van der Waals surface area contributed by atoms with E-state index in [9.17, 15) is 33.1 Å². The zero-order valence-corrected chi connectivity index (χ0v) is 44.3. The number of aliphatic hydroxyl groups is 3. The van der Waals surface area contributed by atoms with E-state index in [0.29, 0.717) is 13.0 Å². The molecule has 0 aromatic heterocycles. The summed E-state index contributed by atoms with van der Waals surface area (Å²) in [6.07, 6.45) is 46.5. The van der Waals surface area contributed by atoms with Gasteiger partial charge in [0.1, 0.15) is 30.5 Å². The number of unbranched alkanes of at least 4 members (excludes halogenated alkanes) is 33. The van der Waals surface area contributed by atoms with Crippen LogP contribution in [0, 0.1) is 0 Å². The van der Waals surface area contributed by atoms with Crippen molar-refractivity contribution >= 4 is 16.4 Å². The van der Waals surface area contributed by atoms with E-state index in [0.717, 1.165) is 57.8 Å². The van der Waals surface area contributed by atoms with Crippen molar-refractivity contribution in [2.45, 2.75) is 295 Å². The molecular weight excluding hydrogens is 885 g/mol. The van der Waals surface area contributed by atoms with Crippen molar-refractivity contribution in [3.63, 3.8) is 0 Å². The highest BCUT2D eigenvalue weighted by atomic mass is 32.3. The SMILES string of the molecule is CCCCCCCC/C=C\CCCCCCCC(=O)OC(COCCCCCCCCCCCCCCCC/C=C\CCCCCCCCCC)COC1OC(CO)C(O)C(OS(=O)(=O)O)C1O. The second-order valence-electron chi connectivity index (χ2n) is 19.5. The molecular formula is C55H104O12S. The van der Waals surface area contributed by atoms with Crippen molar-refractivity contribution in [1.29, 1.82) is 0 Å². The Labute approximate surface area is 416 Å². The predicted molar refractivity (Wildman–Crippen MR) is 276 cm³/mol. The smallest absolute Gasteiger partial charge is 0.397 e. The number of esters is 1. The highest BCUT2D eigenvalue weighted by Gasteiger charge is 2.48. The summed E-state index contributed by atoms with van der Waals surface area (Å²) >= 11 is 0. The Hall–Kier alpha value is -1.42. The molecule has 1 aliphatic rings. The second kappa shape index (κ2) is 46.6. The van der Waals surface area contributed by atoms with Crippen LogP contribution in [0.4, 0.5) is 0 Å². The molecule has 0 aromatic rings. The van der Waals surface area contributed by atoms with Gasteiger partial charge in [0.15, 0.2) is 6.29 Å². The Bertz CT molecular complexity index is 1280. The van der Waals surface area contributed by atoms with Crippen molar-refractivity contribution in [1.82, 2.24) is 0 Å². The maximum absolute atomic E-state index is 12.9. The number of allylic oxidation sites excluding steroid dienone is 4. The number of hydrogen-bond acceptors (Lipinski definition) is 11. The van der Waals surface area contributed by atoms with Crippen molar-refractivity contribution in [2.24, 2.45) is 0 Å². The summed E-state index contributed by atoms with van der Waals surface area (Å²) in [5.41, 5.74) is 0. The number of ether oxygens (including phenoxy) is 4. The number of rotatable bonds is 50. The summed E-state index contributed by atoms with van der Waals surface area (Å²) in [4.78, 5) is 12.9. The fourth-order valence-corrected chi connectivity index (χ4v) is 9.29. The van der Waals surface area contributed by atoms with E-state index in [1.54, 1.807) is 0 Å². The van der Waals surface area contributed by atoms with Crippen LogP contribution < -0.4 is 0 Å². The number of carbonyl (C=O) groups is 1. The van der Waals surface area contributed by atoms with Crippen LogP contribution in [0.5, 0.6) is 0 Å². The highest BCUT2D eigenvalue weighted by Crippen LogP contribution is 2.26. The van der Waals surface area contributed by atoms with Crippen LogP contribution in [0.25, 0.3) is 0 Å². The molecule has 0 amide bonds. The zero-order valence-electron chi connectivity index (χ0n) is 43.4. The topological polar surface area (TPSA) is 178 Å². The third kappa shape index (κ3) is 39.2. The molecule has 1 fully saturated rings. The van der Waals surface area contributed by atoms with Gasteiger partial charge in [-0.25, -0.2) is 4.18 Å². The summed E-state index contributed by atoms with van der Waals surface area (Å²) < 4.78 is 59.3. The minimum Gasteiger partial charge on any atom is -0.457 e. The molecule has 6 unspecified atom stereocenters. The Kier molecular flexibility index (Phi) is 44.3. The van der Waals surface area contributed by atoms with Gasteiger partial charge in [-0.1, -0.05) is 212 Å². The normalized spacial score (nSPS) is 19.4. The lowest BCUT2D eigenvalue weighted by Crippen LogP contribution is -2.60. The van der Waals surface area contributed by atoms with Gasteiger partial charge >= 0.3 is 16.4 Å². The van der Waals surface area contributed by atoms with E-state index in [2.05, 4.69) is 42.3 Å². The van der Waals surface area contributed by atoms with Crippen molar-refractivity contribution < 1.29 is 56.2 Å². The monoisotopic (exact) mass is 989 g/mol. The Balaban J connectivity index is 2.27. The quantitative estimate of drug-likeness (QED) is 0.0196. The van der Waals surface area contributed by atoms with Gasteiger partial charge in [0.2, 0.25) is 0 Å². The van der Waals surface area contributed by atoms with Crippen molar-refractivity contribution in [3.8, 4) is 0 Å². The van der Waals surface area contributed by atoms with Crippen LogP contribution >= 0.6 is 0 Å². The first-order valence-electron chi connectivity index (χ1n) is 28.1. The molecule has 0 radical (unpaired) electrons. The minimum absolute atomic E-state index is 0.0364. The van der Waals surface area contributed by atoms with E-state index in [-0.39, 0.29) is 19.6 Å². The van der Waals surface area contributed by atoms with Crippen LogP contribution in [-0.4, -0.2) is 97.5 Å². The second-order valence-corrected chi connectivity index (χ2v) is 20.6. The molecule has 1 aliphatic heterocycles. The minimum atomic E-state index is -5.06. The summed E-state index contributed by atoms with van der Waals surface area (Å²) in [6.45, 7) is 4.02. The van der Waals surface area contributed by atoms with Gasteiger partial charge in [0.05, 0.1) is 19.8 Å². The zero-order chi connectivity index (χ0) is 49.6. The molecule has 402 valence electrons. The molecule has 1 heterocycles. The summed E-state index contributed by atoms with van der Waals surface area (Å²) in [6, 6.07) is 0. The van der Waals surface area contributed by atoms with E-state index >= 15 is 0 Å². The van der Waals surface area contributed by atoms with Crippen molar-refractivity contribution in [3.05, 3.63) is 24.3 Å².